The van der Waals surface area contributed by atoms with Crippen LogP contribution in [-0.2, 0) is 0 Å². The monoisotopic (exact) mass is 346 g/mol. The van der Waals surface area contributed by atoms with Gasteiger partial charge >= 0.3 is 0 Å². The van der Waals surface area contributed by atoms with E-state index in [0.717, 1.165) is 12.8 Å². The molecule has 0 amide bonds. The molecular weight excluding hydrogens is 329 g/mol. The number of nitrogens with zero attached hydrogens (tertiary/aromatic N) is 2. The van der Waals surface area contributed by atoms with Crippen LogP contribution in [0, 0.1) is 12.7 Å². The van der Waals surface area contributed by atoms with Crippen LogP contribution >= 0.6 is 0 Å². The van der Waals surface area contributed by atoms with E-state index in [1.165, 1.54) is 12.3 Å². The third-order valence-electron chi connectivity index (χ3n) is 4.97. The van der Waals surface area contributed by atoms with Crippen LogP contribution in [0.15, 0.2) is 35.5 Å². The number of hydrogen-bond acceptors (Lipinski definition) is 3. The number of fused-ring (bicyclic) bond motifs is 1. The number of ether oxygens (including phenoxy) is 1. The number of pyridine rings is 1. The van der Waals surface area contributed by atoms with E-state index in [2.05, 4.69) is 4.98 Å². The molecule has 1 spiro atoms. The van der Waals surface area contributed by atoms with Crippen molar-refractivity contribution in [3.8, 4) is 5.75 Å². The number of aliphatic imine (C=N–C) groups is 1. The van der Waals surface area contributed by atoms with Crippen molar-refractivity contribution in [2.24, 2.45) is 4.99 Å². The summed E-state index contributed by atoms with van der Waals surface area (Å²) < 4.78 is 46.2. The molecule has 6 heteroatoms. The number of hydrogen-bond donors (Lipinski definition) is 0. The van der Waals surface area contributed by atoms with Gasteiger partial charge in [-0.2, -0.15) is 0 Å². The van der Waals surface area contributed by atoms with Gasteiger partial charge in [-0.1, -0.05) is 6.07 Å². The Morgan fingerprint density at radius 3 is 2.68 bits per heavy atom. The van der Waals surface area contributed by atoms with E-state index in [4.69, 9.17) is 9.73 Å². The van der Waals surface area contributed by atoms with Crippen LogP contribution < -0.4 is 4.74 Å². The summed E-state index contributed by atoms with van der Waals surface area (Å²) >= 11 is 0. The second kappa shape index (κ2) is 5.58. The summed E-state index contributed by atoms with van der Waals surface area (Å²) in [7, 11) is 0. The predicted molar refractivity (Wildman–Crippen MR) is 88.0 cm³/mol. The van der Waals surface area contributed by atoms with Crippen LogP contribution in [0.5, 0.6) is 5.75 Å². The van der Waals surface area contributed by atoms with Crippen molar-refractivity contribution in [3.63, 3.8) is 0 Å². The molecule has 1 atom stereocenters. The Hall–Kier alpha value is -2.37. The molecule has 2 aromatic rings. The minimum atomic E-state index is -2.63. The molecule has 1 aromatic carbocycles. The molecule has 2 heterocycles. The molecule has 0 saturated heterocycles. The molecule has 1 aliphatic heterocycles. The van der Waals surface area contributed by atoms with E-state index in [9.17, 15) is 13.2 Å². The van der Waals surface area contributed by atoms with Gasteiger partial charge in [-0.15, -0.1) is 0 Å². The number of alkyl halides is 2. The smallest absolute Gasteiger partial charge is 0.280 e. The zero-order chi connectivity index (χ0) is 17.8. The number of aromatic nitrogens is 1. The van der Waals surface area contributed by atoms with Crippen LogP contribution in [0.25, 0.3) is 0 Å². The highest BCUT2D eigenvalue weighted by molar-refractivity contribution is 6.15. The zero-order valence-electron chi connectivity index (χ0n) is 13.9. The van der Waals surface area contributed by atoms with Crippen LogP contribution in [0.2, 0.25) is 0 Å². The Morgan fingerprint density at radius 2 is 2.04 bits per heavy atom. The van der Waals surface area contributed by atoms with E-state index in [0.29, 0.717) is 22.4 Å². The lowest BCUT2D eigenvalue weighted by atomic mass is 10.00. The van der Waals surface area contributed by atoms with Crippen molar-refractivity contribution in [2.45, 2.75) is 44.8 Å². The Bertz CT molecular complexity index is 875. The molecule has 1 fully saturated rings. The average Bonchev–Trinajstić information content (AvgIpc) is 3.36. The largest absolute Gasteiger partial charge is 0.484 e. The quantitative estimate of drug-likeness (QED) is 0.795. The summed E-state index contributed by atoms with van der Waals surface area (Å²) in [4.78, 5) is 8.77. The van der Waals surface area contributed by atoms with Gasteiger partial charge in [-0.05, 0) is 50.5 Å². The fourth-order valence-corrected chi connectivity index (χ4v) is 3.29. The summed E-state index contributed by atoms with van der Waals surface area (Å²) in [6.07, 6.45) is 0.209. The first kappa shape index (κ1) is 16.1. The van der Waals surface area contributed by atoms with Gasteiger partial charge < -0.3 is 4.74 Å². The molecule has 0 N–H and O–H groups in total. The van der Waals surface area contributed by atoms with E-state index >= 15 is 0 Å². The lowest BCUT2D eigenvalue weighted by Gasteiger charge is -2.19. The molecular formula is C19H17F3N2O. The SMILES string of the molecule is Cc1cc(C2=NC3(CC3)[C@@H](C)Oc3c(F)cccc32)cnc1C(F)F. The van der Waals surface area contributed by atoms with E-state index in [1.807, 2.05) is 6.92 Å². The maximum absolute atomic E-state index is 14.3. The number of halogens is 3. The van der Waals surface area contributed by atoms with Crippen LogP contribution in [-0.4, -0.2) is 22.3 Å². The number of para-hydroxylation sites is 1. The number of benzene rings is 1. The first-order chi connectivity index (χ1) is 11.9. The Labute approximate surface area is 143 Å². The average molecular weight is 346 g/mol. The fraction of sp³-hybridized carbons (Fsp3) is 0.368. The molecule has 0 bridgehead atoms. The van der Waals surface area contributed by atoms with E-state index < -0.39 is 12.2 Å². The molecule has 1 aromatic heterocycles. The third-order valence-corrected chi connectivity index (χ3v) is 4.97. The summed E-state index contributed by atoms with van der Waals surface area (Å²) in [5.74, 6) is -0.295. The molecule has 0 radical (unpaired) electrons. The maximum atomic E-state index is 14.3. The lowest BCUT2D eigenvalue weighted by molar-refractivity contribution is 0.145. The van der Waals surface area contributed by atoms with Crippen molar-refractivity contribution in [1.82, 2.24) is 4.98 Å². The first-order valence-electron chi connectivity index (χ1n) is 8.22. The van der Waals surface area contributed by atoms with Crippen molar-refractivity contribution in [2.75, 3.05) is 0 Å². The van der Waals surface area contributed by atoms with Crippen LogP contribution in [0.1, 0.15) is 48.6 Å². The highest BCUT2D eigenvalue weighted by Crippen LogP contribution is 2.48. The number of aryl methyl sites for hydroxylation is 1. The molecule has 2 aliphatic rings. The molecule has 4 rings (SSSR count). The van der Waals surface area contributed by atoms with Gasteiger partial charge in [-0.25, -0.2) is 13.2 Å². The summed E-state index contributed by atoms with van der Waals surface area (Å²) in [6.45, 7) is 3.48. The third kappa shape index (κ3) is 2.60. The Morgan fingerprint density at radius 1 is 1.28 bits per heavy atom. The fourth-order valence-electron chi connectivity index (χ4n) is 3.29. The topological polar surface area (TPSA) is 34.5 Å². The molecule has 130 valence electrons. The van der Waals surface area contributed by atoms with Crippen molar-refractivity contribution in [1.29, 1.82) is 0 Å². The lowest BCUT2D eigenvalue weighted by Crippen LogP contribution is -2.28. The second-order valence-corrected chi connectivity index (χ2v) is 6.67. The predicted octanol–water partition coefficient (Wildman–Crippen LogP) is 4.62. The first-order valence-corrected chi connectivity index (χ1v) is 8.22. The highest BCUT2D eigenvalue weighted by atomic mass is 19.3. The van der Waals surface area contributed by atoms with Crippen molar-refractivity contribution < 1.29 is 17.9 Å². The number of rotatable bonds is 2. The zero-order valence-corrected chi connectivity index (χ0v) is 13.9. The van der Waals surface area contributed by atoms with Gasteiger partial charge in [0.15, 0.2) is 11.6 Å². The molecule has 3 nitrogen and oxygen atoms in total. The molecule has 1 saturated carbocycles. The molecule has 25 heavy (non-hydrogen) atoms. The summed E-state index contributed by atoms with van der Waals surface area (Å²) in [5.41, 5.74) is 1.43. The van der Waals surface area contributed by atoms with Crippen LogP contribution in [0.3, 0.4) is 0 Å². The molecule has 1 aliphatic carbocycles. The van der Waals surface area contributed by atoms with Gasteiger partial charge in [0.1, 0.15) is 11.8 Å². The standard InChI is InChI=1S/C19H17F3N2O/c1-10-8-12(9-23-15(10)18(21)22)16-13-4-3-5-14(20)17(13)25-11(2)19(24-16)6-7-19/h3-5,8-9,11,18H,6-7H2,1-2H3/t11-/m1/s1. The van der Waals surface area contributed by atoms with Gasteiger partial charge in [0.2, 0.25) is 0 Å². The molecule has 0 unspecified atom stereocenters. The Balaban J connectivity index is 1.90. The second-order valence-electron chi connectivity index (χ2n) is 6.67. The van der Waals surface area contributed by atoms with Gasteiger partial charge in [-0.3, -0.25) is 9.98 Å². The van der Waals surface area contributed by atoms with Gasteiger partial charge in [0, 0.05) is 17.3 Å². The van der Waals surface area contributed by atoms with Gasteiger partial charge in [0.05, 0.1) is 11.3 Å². The van der Waals surface area contributed by atoms with Crippen LogP contribution in [0.4, 0.5) is 13.2 Å². The maximum Gasteiger partial charge on any atom is 0.280 e. The van der Waals surface area contributed by atoms with Crippen molar-refractivity contribution >= 4 is 5.71 Å². The van der Waals surface area contributed by atoms with E-state index in [-0.39, 0.29) is 23.1 Å². The summed E-state index contributed by atoms with van der Waals surface area (Å²) in [5, 5.41) is 0. The Kier molecular flexibility index (Phi) is 3.60. The van der Waals surface area contributed by atoms with E-state index in [1.54, 1.807) is 25.1 Å². The minimum absolute atomic E-state index is 0.160. The summed E-state index contributed by atoms with van der Waals surface area (Å²) in [6, 6.07) is 6.31. The van der Waals surface area contributed by atoms with Gasteiger partial charge in [0.25, 0.3) is 6.43 Å². The highest BCUT2D eigenvalue weighted by Gasteiger charge is 2.51. The normalized spacial score (nSPS) is 20.7. The van der Waals surface area contributed by atoms with Crippen molar-refractivity contribution in [3.05, 3.63) is 58.7 Å². The minimum Gasteiger partial charge on any atom is -0.484 e.